The van der Waals surface area contributed by atoms with Gasteiger partial charge in [0, 0.05) is 17.1 Å². The van der Waals surface area contributed by atoms with Crippen molar-refractivity contribution in [2.75, 3.05) is 0 Å². The van der Waals surface area contributed by atoms with Gasteiger partial charge in [-0.1, -0.05) is 24.3 Å². The molecule has 2 aromatic heterocycles. The van der Waals surface area contributed by atoms with Crippen molar-refractivity contribution in [1.82, 2.24) is 14.8 Å². The first-order chi connectivity index (χ1) is 14.4. The molecule has 2 heterocycles. The zero-order chi connectivity index (χ0) is 20.9. The van der Waals surface area contributed by atoms with Crippen molar-refractivity contribution < 1.29 is 17.6 Å². The van der Waals surface area contributed by atoms with Gasteiger partial charge in [0.1, 0.15) is 11.7 Å². The van der Waals surface area contributed by atoms with Crippen LogP contribution in [0.4, 0.5) is 17.6 Å². The van der Waals surface area contributed by atoms with Crippen LogP contribution in [0.25, 0.3) is 27.5 Å². The van der Waals surface area contributed by atoms with Gasteiger partial charge in [-0.25, -0.2) is 9.07 Å². The number of aromatic nitrogens is 3. The van der Waals surface area contributed by atoms with Gasteiger partial charge in [-0.2, -0.15) is 18.3 Å². The second kappa shape index (κ2) is 6.73. The Kier molecular flexibility index (Phi) is 4.13. The molecule has 0 radical (unpaired) electrons. The second-order valence-corrected chi connectivity index (χ2v) is 7.11. The Balaban J connectivity index is 1.65. The van der Waals surface area contributed by atoms with Crippen molar-refractivity contribution in [3.63, 3.8) is 0 Å². The summed E-state index contributed by atoms with van der Waals surface area (Å²) in [7, 11) is 0. The molecule has 3 nitrogen and oxygen atoms in total. The lowest BCUT2D eigenvalue weighted by Crippen LogP contribution is -2.22. The van der Waals surface area contributed by atoms with Crippen molar-refractivity contribution in [3.05, 3.63) is 96.1 Å². The molecule has 3 aromatic carbocycles. The summed E-state index contributed by atoms with van der Waals surface area (Å²) in [4.78, 5) is 2.93. The van der Waals surface area contributed by atoms with Gasteiger partial charge < -0.3 is 4.98 Å². The van der Waals surface area contributed by atoms with Crippen molar-refractivity contribution in [3.8, 4) is 5.69 Å². The first kappa shape index (κ1) is 18.4. The molecule has 0 aliphatic rings. The van der Waals surface area contributed by atoms with Crippen molar-refractivity contribution in [2.45, 2.75) is 12.1 Å². The second-order valence-electron chi connectivity index (χ2n) is 7.11. The molecule has 5 aromatic rings. The van der Waals surface area contributed by atoms with E-state index < -0.39 is 12.1 Å². The van der Waals surface area contributed by atoms with E-state index in [1.54, 1.807) is 47.3 Å². The van der Waals surface area contributed by atoms with Gasteiger partial charge in [-0.3, -0.25) is 0 Å². The van der Waals surface area contributed by atoms with E-state index in [1.807, 2.05) is 0 Å². The highest BCUT2D eigenvalue weighted by Gasteiger charge is 2.43. The fraction of sp³-hybridized carbons (Fsp3) is 0.0870. The zero-order valence-corrected chi connectivity index (χ0v) is 15.5. The number of nitrogens with zero attached hydrogens (tertiary/aromatic N) is 2. The third kappa shape index (κ3) is 3.03. The van der Waals surface area contributed by atoms with E-state index in [2.05, 4.69) is 10.1 Å². The molecule has 1 unspecified atom stereocenters. The third-order valence-electron chi connectivity index (χ3n) is 5.25. The minimum absolute atomic E-state index is 0.135. The summed E-state index contributed by atoms with van der Waals surface area (Å²) in [6.07, 6.45) is -1.32. The SMILES string of the molecule is Fc1ccc(-n2ncc3cc(C(c4cccc5cc[nH]c45)C(F)(F)F)ccc32)cc1. The molecule has 0 aliphatic carbocycles. The number of benzene rings is 3. The fourth-order valence-corrected chi connectivity index (χ4v) is 3.91. The Bertz CT molecular complexity index is 1350. The number of nitrogens with one attached hydrogen (secondary N) is 1. The molecule has 0 amide bonds. The highest BCUT2D eigenvalue weighted by molar-refractivity contribution is 5.85. The molecule has 30 heavy (non-hydrogen) atoms. The number of H-pyrrole nitrogens is 1. The van der Waals surface area contributed by atoms with E-state index in [9.17, 15) is 17.6 Å². The number of aromatic amines is 1. The lowest BCUT2D eigenvalue weighted by molar-refractivity contribution is -0.140. The van der Waals surface area contributed by atoms with E-state index in [4.69, 9.17) is 0 Å². The van der Waals surface area contributed by atoms with Gasteiger partial charge in [-0.05, 0) is 59.0 Å². The Morgan fingerprint density at radius 3 is 2.47 bits per heavy atom. The van der Waals surface area contributed by atoms with Crippen LogP contribution >= 0.6 is 0 Å². The summed E-state index contributed by atoms with van der Waals surface area (Å²) in [5, 5.41) is 5.58. The average molecular weight is 409 g/mol. The molecule has 0 fully saturated rings. The highest BCUT2D eigenvalue weighted by Crippen LogP contribution is 2.43. The number of hydrogen-bond acceptors (Lipinski definition) is 1. The van der Waals surface area contributed by atoms with Crippen LogP contribution in [0.2, 0.25) is 0 Å². The predicted octanol–water partition coefficient (Wildman–Crippen LogP) is 6.34. The van der Waals surface area contributed by atoms with Gasteiger partial charge in [-0.15, -0.1) is 0 Å². The zero-order valence-electron chi connectivity index (χ0n) is 15.5. The summed E-state index contributed by atoms with van der Waals surface area (Å²) in [6, 6.07) is 17.0. The molecule has 0 bridgehead atoms. The number of halogens is 4. The number of para-hydroxylation sites is 1. The molecule has 150 valence electrons. The van der Waals surface area contributed by atoms with E-state index in [-0.39, 0.29) is 16.9 Å². The molecule has 0 saturated heterocycles. The average Bonchev–Trinajstić information content (AvgIpc) is 3.35. The van der Waals surface area contributed by atoms with E-state index in [0.717, 1.165) is 5.39 Å². The topological polar surface area (TPSA) is 33.6 Å². The lowest BCUT2D eigenvalue weighted by Gasteiger charge is -2.22. The van der Waals surface area contributed by atoms with Crippen molar-refractivity contribution in [1.29, 1.82) is 0 Å². The molecule has 5 rings (SSSR count). The van der Waals surface area contributed by atoms with Gasteiger partial charge in [0.25, 0.3) is 0 Å². The first-order valence-corrected chi connectivity index (χ1v) is 9.28. The number of fused-ring (bicyclic) bond motifs is 2. The molecule has 0 spiro atoms. The van der Waals surface area contributed by atoms with Crippen LogP contribution in [0.3, 0.4) is 0 Å². The van der Waals surface area contributed by atoms with Gasteiger partial charge >= 0.3 is 6.18 Å². The van der Waals surface area contributed by atoms with Gasteiger partial charge in [0.15, 0.2) is 0 Å². The monoisotopic (exact) mass is 409 g/mol. The van der Waals surface area contributed by atoms with Crippen LogP contribution < -0.4 is 0 Å². The molecular formula is C23H15F4N3. The molecule has 0 aliphatic heterocycles. The first-order valence-electron chi connectivity index (χ1n) is 9.28. The summed E-state index contributed by atoms with van der Waals surface area (Å²) in [5.41, 5.74) is 2.06. The predicted molar refractivity (Wildman–Crippen MR) is 107 cm³/mol. The smallest absolute Gasteiger partial charge is 0.361 e. The van der Waals surface area contributed by atoms with E-state index in [0.29, 0.717) is 22.1 Å². The fourth-order valence-electron chi connectivity index (χ4n) is 3.91. The lowest BCUT2D eigenvalue weighted by atomic mass is 9.89. The Labute approximate surface area is 168 Å². The standard InChI is InChI=1S/C23H15F4N3/c24-17-5-7-18(8-6-17)30-20-9-4-15(12-16(20)13-29-30)21(23(25,26)27)19-3-1-2-14-10-11-28-22(14)19/h1-13,21,28H. The minimum Gasteiger partial charge on any atom is -0.361 e. The summed E-state index contributed by atoms with van der Waals surface area (Å²) >= 11 is 0. The van der Waals surface area contributed by atoms with Gasteiger partial charge in [0.05, 0.1) is 17.4 Å². The molecule has 0 saturated carbocycles. The van der Waals surface area contributed by atoms with Crippen LogP contribution in [0.5, 0.6) is 0 Å². The maximum Gasteiger partial charge on any atom is 0.399 e. The summed E-state index contributed by atoms with van der Waals surface area (Å²) < 4.78 is 57.3. The Morgan fingerprint density at radius 2 is 1.70 bits per heavy atom. The van der Waals surface area contributed by atoms with Crippen LogP contribution in [0.1, 0.15) is 17.0 Å². The third-order valence-corrected chi connectivity index (χ3v) is 5.25. The van der Waals surface area contributed by atoms with E-state index in [1.165, 1.54) is 36.5 Å². The van der Waals surface area contributed by atoms with Crippen LogP contribution in [-0.4, -0.2) is 20.9 Å². The molecule has 1 N–H and O–H groups in total. The maximum atomic E-state index is 14.2. The van der Waals surface area contributed by atoms with E-state index >= 15 is 0 Å². The molecule has 1 atom stereocenters. The van der Waals surface area contributed by atoms with Gasteiger partial charge in [0.2, 0.25) is 0 Å². The Morgan fingerprint density at radius 1 is 0.900 bits per heavy atom. The van der Waals surface area contributed by atoms with Crippen LogP contribution in [-0.2, 0) is 0 Å². The van der Waals surface area contributed by atoms with Crippen LogP contribution in [0.15, 0.2) is 79.1 Å². The largest absolute Gasteiger partial charge is 0.399 e. The minimum atomic E-state index is -4.47. The van der Waals surface area contributed by atoms with Crippen molar-refractivity contribution >= 4 is 21.8 Å². The van der Waals surface area contributed by atoms with Crippen LogP contribution in [0, 0.1) is 5.82 Å². The Hall–Kier alpha value is -3.61. The highest BCUT2D eigenvalue weighted by atomic mass is 19.4. The number of hydrogen-bond donors (Lipinski definition) is 1. The summed E-state index contributed by atoms with van der Waals surface area (Å²) in [5.74, 6) is -2.15. The molecular weight excluding hydrogens is 394 g/mol. The molecule has 7 heteroatoms. The number of rotatable bonds is 3. The van der Waals surface area contributed by atoms with Crippen molar-refractivity contribution in [2.24, 2.45) is 0 Å². The quantitative estimate of drug-likeness (QED) is 0.347. The number of alkyl halides is 3. The normalized spacial score (nSPS) is 13.2. The maximum absolute atomic E-state index is 14.2. The summed E-state index contributed by atoms with van der Waals surface area (Å²) in [6.45, 7) is 0.